The van der Waals surface area contributed by atoms with Crippen LogP contribution in [0, 0.1) is 11.8 Å². The van der Waals surface area contributed by atoms with E-state index in [9.17, 15) is 4.79 Å². The lowest BCUT2D eigenvalue weighted by molar-refractivity contribution is -0.0158. The molecule has 3 fully saturated rings. The summed E-state index contributed by atoms with van der Waals surface area (Å²) < 4.78 is 5.72. The highest BCUT2D eigenvalue weighted by molar-refractivity contribution is 5.92. The summed E-state index contributed by atoms with van der Waals surface area (Å²) in [7, 11) is 1.80. The fraction of sp³-hybridized carbons (Fsp3) is 0.706. The number of amides is 1. The first-order chi connectivity index (χ1) is 11.3. The number of rotatable bonds is 4. The molecular formula is C17H24N4O2. The number of piperidine rings is 1. The largest absolute Gasteiger partial charge is 0.381 e. The molecule has 0 aromatic carbocycles. The van der Waals surface area contributed by atoms with Crippen LogP contribution in [0.4, 0.5) is 0 Å². The standard InChI is InChI=1S/C17H24N4O2/c1-23-16-5-7-21(17(22)14-4-6-18-11-19-14)15-10-20(9-13(15)16)8-12-2-3-12/h4,6,11-13,15-16H,2-3,5,7-10H2,1H3/t13-,15+,16-/m0/s1. The maximum Gasteiger partial charge on any atom is 0.272 e. The van der Waals surface area contributed by atoms with Crippen LogP contribution in [0.25, 0.3) is 0 Å². The van der Waals surface area contributed by atoms with E-state index < -0.39 is 0 Å². The third kappa shape index (κ3) is 2.97. The predicted molar refractivity (Wildman–Crippen MR) is 84.9 cm³/mol. The molecule has 3 atom stereocenters. The van der Waals surface area contributed by atoms with E-state index in [0.717, 1.165) is 32.0 Å². The van der Waals surface area contributed by atoms with Gasteiger partial charge in [-0.3, -0.25) is 4.79 Å². The van der Waals surface area contributed by atoms with E-state index in [1.807, 2.05) is 4.90 Å². The van der Waals surface area contributed by atoms with Crippen LogP contribution in [0.2, 0.25) is 0 Å². The number of aromatic nitrogens is 2. The van der Waals surface area contributed by atoms with Crippen molar-refractivity contribution in [2.75, 3.05) is 33.3 Å². The van der Waals surface area contributed by atoms with Crippen LogP contribution in [0.3, 0.4) is 0 Å². The molecule has 0 N–H and O–H groups in total. The first-order valence-electron chi connectivity index (χ1n) is 8.58. The zero-order valence-corrected chi connectivity index (χ0v) is 13.6. The maximum absolute atomic E-state index is 12.9. The maximum atomic E-state index is 12.9. The second-order valence-electron chi connectivity index (χ2n) is 7.05. The summed E-state index contributed by atoms with van der Waals surface area (Å²) >= 11 is 0. The molecule has 1 aromatic heterocycles. The molecule has 124 valence electrons. The number of ether oxygens (including phenoxy) is 1. The van der Waals surface area contributed by atoms with Crippen LogP contribution >= 0.6 is 0 Å². The summed E-state index contributed by atoms with van der Waals surface area (Å²) in [4.78, 5) is 25.5. The lowest BCUT2D eigenvalue weighted by atomic mass is 9.88. The van der Waals surface area contributed by atoms with Gasteiger partial charge in [0.05, 0.1) is 12.1 Å². The van der Waals surface area contributed by atoms with Crippen molar-refractivity contribution in [1.82, 2.24) is 19.8 Å². The van der Waals surface area contributed by atoms with Gasteiger partial charge in [0.2, 0.25) is 0 Å². The Kier molecular flexibility index (Phi) is 4.03. The zero-order valence-electron chi connectivity index (χ0n) is 13.6. The Labute approximate surface area is 136 Å². The lowest BCUT2D eigenvalue weighted by Crippen LogP contribution is -2.53. The van der Waals surface area contributed by atoms with E-state index in [1.165, 1.54) is 25.7 Å². The van der Waals surface area contributed by atoms with E-state index in [4.69, 9.17) is 4.74 Å². The molecule has 23 heavy (non-hydrogen) atoms. The van der Waals surface area contributed by atoms with Crippen LogP contribution in [0.15, 0.2) is 18.6 Å². The minimum absolute atomic E-state index is 0.0326. The van der Waals surface area contributed by atoms with E-state index in [-0.39, 0.29) is 18.1 Å². The normalized spacial score (nSPS) is 31.2. The van der Waals surface area contributed by atoms with Crippen LogP contribution in [-0.2, 0) is 4.74 Å². The van der Waals surface area contributed by atoms with Crippen LogP contribution in [0.5, 0.6) is 0 Å². The fourth-order valence-electron chi connectivity index (χ4n) is 4.16. The number of hydrogen-bond acceptors (Lipinski definition) is 5. The highest BCUT2D eigenvalue weighted by Crippen LogP contribution is 2.36. The number of likely N-dealkylation sites (tertiary alicyclic amines) is 2. The first-order valence-corrected chi connectivity index (χ1v) is 8.58. The Morgan fingerprint density at radius 1 is 1.35 bits per heavy atom. The minimum Gasteiger partial charge on any atom is -0.381 e. The number of methoxy groups -OCH3 is 1. The van der Waals surface area contributed by atoms with E-state index in [1.54, 1.807) is 19.4 Å². The summed E-state index contributed by atoms with van der Waals surface area (Å²) in [5, 5.41) is 0. The molecular weight excluding hydrogens is 292 g/mol. The second-order valence-corrected chi connectivity index (χ2v) is 7.05. The van der Waals surface area contributed by atoms with E-state index in [2.05, 4.69) is 14.9 Å². The molecule has 1 amide bonds. The van der Waals surface area contributed by atoms with Crippen molar-refractivity contribution in [2.45, 2.75) is 31.4 Å². The number of carbonyl (C=O) groups excluding carboxylic acids is 1. The average Bonchev–Trinajstić information content (AvgIpc) is 3.30. The van der Waals surface area contributed by atoms with Crippen molar-refractivity contribution in [2.24, 2.45) is 11.8 Å². The van der Waals surface area contributed by atoms with Gasteiger partial charge in [-0.05, 0) is 31.2 Å². The summed E-state index contributed by atoms with van der Waals surface area (Å²) in [6, 6.07) is 1.95. The highest BCUT2D eigenvalue weighted by atomic mass is 16.5. The van der Waals surface area contributed by atoms with Gasteiger partial charge < -0.3 is 14.5 Å². The van der Waals surface area contributed by atoms with Crippen LogP contribution < -0.4 is 0 Å². The van der Waals surface area contributed by atoms with Crippen molar-refractivity contribution < 1.29 is 9.53 Å². The van der Waals surface area contributed by atoms with E-state index >= 15 is 0 Å². The molecule has 6 nitrogen and oxygen atoms in total. The SMILES string of the molecule is CO[C@H]1CCN(C(=O)c2ccncn2)[C@@H]2CN(CC3CC3)C[C@H]12. The minimum atomic E-state index is 0.0326. The monoisotopic (exact) mass is 316 g/mol. The summed E-state index contributed by atoms with van der Waals surface area (Å²) in [5.74, 6) is 1.32. The average molecular weight is 316 g/mol. The number of carbonyl (C=O) groups is 1. The molecule has 0 spiro atoms. The predicted octanol–water partition coefficient (Wildman–Crippen LogP) is 1.05. The van der Waals surface area contributed by atoms with Gasteiger partial charge in [-0.25, -0.2) is 9.97 Å². The van der Waals surface area contributed by atoms with Gasteiger partial charge in [0.25, 0.3) is 5.91 Å². The second kappa shape index (κ2) is 6.17. The molecule has 2 saturated heterocycles. The Morgan fingerprint density at radius 2 is 2.22 bits per heavy atom. The molecule has 4 rings (SSSR count). The van der Waals surface area contributed by atoms with Crippen molar-refractivity contribution in [3.05, 3.63) is 24.3 Å². The smallest absolute Gasteiger partial charge is 0.272 e. The topological polar surface area (TPSA) is 58.6 Å². The fourth-order valence-corrected chi connectivity index (χ4v) is 4.16. The van der Waals surface area contributed by atoms with Crippen LogP contribution in [0.1, 0.15) is 29.8 Å². The molecule has 2 aliphatic heterocycles. The molecule has 3 heterocycles. The summed E-state index contributed by atoms with van der Waals surface area (Å²) in [6.07, 6.45) is 6.98. The van der Waals surface area contributed by atoms with Crippen LogP contribution in [-0.4, -0.2) is 71.1 Å². The number of fused-ring (bicyclic) bond motifs is 1. The van der Waals surface area contributed by atoms with Gasteiger partial charge in [0.15, 0.2) is 0 Å². The van der Waals surface area contributed by atoms with Gasteiger partial charge in [-0.1, -0.05) is 0 Å². The summed E-state index contributed by atoms with van der Waals surface area (Å²) in [5.41, 5.74) is 0.496. The Balaban J connectivity index is 1.52. The van der Waals surface area contributed by atoms with Crippen molar-refractivity contribution in [1.29, 1.82) is 0 Å². The first kappa shape index (κ1) is 15.0. The lowest BCUT2D eigenvalue weighted by Gasteiger charge is -2.40. The summed E-state index contributed by atoms with van der Waals surface area (Å²) in [6.45, 7) is 3.95. The van der Waals surface area contributed by atoms with Gasteiger partial charge in [-0.2, -0.15) is 0 Å². The number of nitrogens with zero attached hydrogens (tertiary/aromatic N) is 4. The van der Waals surface area contributed by atoms with Gasteiger partial charge in [0, 0.05) is 45.4 Å². The van der Waals surface area contributed by atoms with Gasteiger partial charge in [0.1, 0.15) is 12.0 Å². The van der Waals surface area contributed by atoms with Gasteiger partial charge in [-0.15, -0.1) is 0 Å². The molecule has 0 bridgehead atoms. The molecule has 1 aliphatic carbocycles. The van der Waals surface area contributed by atoms with Crippen molar-refractivity contribution in [3.8, 4) is 0 Å². The third-order valence-corrected chi connectivity index (χ3v) is 5.52. The Bertz CT molecular complexity index is 563. The molecule has 3 aliphatic rings. The zero-order chi connectivity index (χ0) is 15.8. The highest BCUT2D eigenvalue weighted by Gasteiger charge is 2.46. The molecule has 1 saturated carbocycles. The Hall–Kier alpha value is -1.53. The molecule has 0 unspecified atom stereocenters. The third-order valence-electron chi connectivity index (χ3n) is 5.52. The van der Waals surface area contributed by atoms with Gasteiger partial charge >= 0.3 is 0 Å². The molecule has 0 radical (unpaired) electrons. The van der Waals surface area contributed by atoms with Crippen molar-refractivity contribution in [3.63, 3.8) is 0 Å². The molecule has 6 heteroatoms. The van der Waals surface area contributed by atoms with E-state index in [0.29, 0.717) is 11.6 Å². The Morgan fingerprint density at radius 3 is 2.91 bits per heavy atom. The quantitative estimate of drug-likeness (QED) is 0.831. The number of hydrogen-bond donors (Lipinski definition) is 0. The molecule has 1 aromatic rings. The van der Waals surface area contributed by atoms with Crippen molar-refractivity contribution >= 4 is 5.91 Å².